The highest BCUT2D eigenvalue weighted by atomic mass is 16.4. The summed E-state index contributed by atoms with van der Waals surface area (Å²) in [6.07, 6.45) is 30.3. The normalized spacial score (nSPS) is 13.1. The van der Waals surface area contributed by atoms with Crippen LogP contribution < -0.4 is 58.9 Å². The van der Waals surface area contributed by atoms with Crippen molar-refractivity contribution in [1.29, 1.82) is 0 Å². The molecule has 27 nitrogen and oxygen atoms in total. The maximum atomic E-state index is 14.7. The molecule has 0 aliphatic rings. The number of nitrogens with one attached hydrogen (secondary N) is 11. The predicted molar refractivity (Wildman–Crippen MR) is 417 cm³/mol. The van der Waals surface area contributed by atoms with E-state index in [1.54, 1.807) is 54.6 Å². The Labute approximate surface area is 639 Å². The Morgan fingerprint density at radius 1 is 0.389 bits per heavy atom. The second kappa shape index (κ2) is 56.4. The molecule has 15 N–H and O–H groups in total. The molecule has 7 atom stereocenters. The Bertz CT molecular complexity index is 3200. The number of fused-ring (bicyclic) bond motifs is 1. The average Bonchev–Trinajstić information content (AvgIpc) is 1.69. The van der Waals surface area contributed by atoms with Crippen molar-refractivity contribution < 1.29 is 72.5 Å². The van der Waals surface area contributed by atoms with E-state index in [0.717, 1.165) is 51.4 Å². The second-order valence-corrected chi connectivity index (χ2v) is 29.3. The third-order valence-electron chi connectivity index (χ3n) is 19.0. The van der Waals surface area contributed by atoms with E-state index in [1.807, 2.05) is 20.8 Å². The Balaban J connectivity index is 1.78. The summed E-state index contributed by atoms with van der Waals surface area (Å²) in [7, 11) is 0. The largest absolute Gasteiger partial charge is 0.481 e. The van der Waals surface area contributed by atoms with Crippen LogP contribution in [0.1, 0.15) is 277 Å². The van der Waals surface area contributed by atoms with Crippen molar-refractivity contribution in [1.82, 2.24) is 58.2 Å². The van der Waals surface area contributed by atoms with Gasteiger partial charge in [-0.25, -0.2) is 0 Å². The highest BCUT2D eigenvalue weighted by Gasteiger charge is 2.35. The van der Waals surface area contributed by atoms with E-state index < -0.39 is 140 Å². The van der Waals surface area contributed by atoms with E-state index in [4.69, 9.17) is 5.73 Å². The zero-order valence-electron chi connectivity index (χ0n) is 65.2. The number of benzene rings is 2. The standard InChI is InChI=1S/C81H130N12O15/c1-6-8-10-12-14-16-18-20-22-24-26-28-33-44-70(95)83-48-38-37-43-63(88-71(96)45-34-29-27-25-23-21-19-17-15-13-11-9-7-2)76(103)85-56-73(98)89-67(52-74(99)100)80(107)92-66(51-60-54-84-62-42-36-35-41-61(60)62)79(106)93-68(53-75(101)102)81(108)90-64(46-47-69(82)94)78(105)91-65(50-59-39-31-30-32-40-59)77(104)86-55-72(97)87-58(5)49-57(3)4/h30-32,35-36,39-42,54,57-58,63-68,84H,6-29,33-34,37-38,43-53,55-56H2,1-5H3,(H2,82,94)(H,83,95)(H,85,103)(H,86,104)(H,87,97)(H,88,96)(H,89,98)(H,90,108)(H,91,105)(H,92,107)(H,93,106)(H,99,100)(H,101,102). The molecule has 604 valence electrons. The zero-order valence-corrected chi connectivity index (χ0v) is 65.2. The molecule has 7 unspecified atom stereocenters. The number of hydrogen-bond acceptors (Lipinski definition) is 13. The molecule has 11 amide bonds. The van der Waals surface area contributed by atoms with E-state index in [2.05, 4.69) is 72.0 Å². The Morgan fingerprint density at radius 3 is 1.31 bits per heavy atom. The van der Waals surface area contributed by atoms with Crippen molar-refractivity contribution in [3.63, 3.8) is 0 Å². The molecule has 0 aliphatic heterocycles. The molecule has 0 fully saturated rings. The number of unbranched alkanes of at least 4 members (excludes halogenated alkanes) is 25. The molecule has 0 aliphatic carbocycles. The van der Waals surface area contributed by atoms with Crippen molar-refractivity contribution in [2.24, 2.45) is 11.7 Å². The fourth-order valence-electron chi connectivity index (χ4n) is 13.1. The van der Waals surface area contributed by atoms with Crippen LogP contribution in [0.4, 0.5) is 0 Å². The molecule has 1 aromatic heterocycles. The smallest absolute Gasteiger partial charge is 0.305 e. The number of rotatable bonds is 63. The number of hydrogen-bond donors (Lipinski definition) is 14. The lowest BCUT2D eigenvalue weighted by Crippen LogP contribution is -2.60. The van der Waals surface area contributed by atoms with Gasteiger partial charge in [0.25, 0.3) is 0 Å². The molecular weight excluding hydrogens is 1380 g/mol. The fourth-order valence-corrected chi connectivity index (χ4v) is 13.1. The summed E-state index contributed by atoms with van der Waals surface area (Å²) in [5, 5.41) is 46.5. The molecule has 108 heavy (non-hydrogen) atoms. The average molecular weight is 1510 g/mol. The number of primary amides is 1. The van der Waals surface area contributed by atoms with Gasteiger partial charge in [0.1, 0.15) is 36.3 Å². The number of H-pyrrole nitrogens is 1. The lowest BCUT2D eigenvalue weighted by Gasteiger charge is -2.27. The number of carboxylic acids is 2. The number of carboxylic acid groups (broad SMARTS) is 2. The third-order valence-corrected chi connectivity index (χ3v) is 19.0. The number of aromatic amines is 1. The van der Waals surface area contributed by atoms with Crippen LogP contribution >= 0.6 is 0 Å². The van der Waals surface area contributed by atoms with Gasteiger partial charge in [0.05, 0.1) is 25.9 Å². The van der Waals surface area contributed by atoms with E-state index >= 15 is 0 Å². The van der Waals surface area contributed by atoms with Crippen molar-refractivity contribution in [2.75, 3.05) is 19.6 Å². The van der Waals surface area contributed by atoms with Crippen molar-refractivity contribution in [3.8, 4) is 0 Å². The number of para-hydroxylation sites is 1. The molecule has 0 radical (unpaired) electrons. The van der Waals surface area contributed by atoms with E-state index in [-0.39, 0.29) is 49.5 Å². The number of amides is 11. The SMILES string of the molecule is CCCCCCCCCCCCCCCC(=O)NCCCCC(NC(=O)CCCCCCCCCCCCCCC)C(=O)NCC(=O)NC(CC(=O)O)C(=O)NC(Cc1c[nH]c2ccccc12)C(=O)NC(CC(=O)O)C(=O)NC(CCC(N)=O)C(=O)NC(Cc1ccccc1)C(=O)NCC(=O)NC(C)CC(C)C. The molecule has 27 heteroatoms. The second-order valence-electron chi connectivity index (χ2n) is 29.3. The maximum Gasteiger partial charge on any atom is 0.305 e. The highest BCUT2D eigenvalue weighted by Crippen LogP contribution is 2.21. The molecule has 2 aromatic carbocycles. The van der Waals surface area contributed by atoms with Gasteiger partial charge in [0, 0.05) is 61.8 Å². The summed E-state index contributed by atoms with van der Waals surface area (Å²) in [6.45, 7) is 9.35. The van der Waals surface area contributed by atoms with Gasteiger partial charge >= 0.3 is 11.9 Å². The molecule has 0 saturated carbocycles. The molecule has 0 saturated heterocycles. The quantitative estimate of drug-likeness (QED) is 0.0234. The summed E-state index contributed by atoms with van der Waals surface area (Å²) in [5.41, 5.74) is 7.09. The number of carbonyl (C=O) groups is 13. The number of carbonyl (C=O) groups excluding carboxylic acids is 11. The third kappa shape index (κ3) is 43.2. The molecule has 1 heterocycles. The minimum atomic E-state index is -2.02. The topological polar surface area (TPSA) is 424 Å². The van der Waals surface area contributed by atoms with Crippen LogP contribution in [0.25, 0.3) is 10.9 Å². The first-order valence-corrected chi connectivity index (χ1v) is 40.1. The van der Waals surface area contributed by atoms with Crippen LogP contribution in [0.2, 0.25) is 0 Å². The first kappa shape index (κ1) is 93.3. The van der Waals surface area contributed by atoms with Crippen LogP contribution in [0.15, 0.2) is 60.8 Å². The number of aromatic nitrogens is 1. The van der Waals surface area contributed by atoms with E-state index in [9.17, 15) is 72.5 Å². The summed E-state index contributed by atoms with van der Waals surface area (Å²) in [4.78, 5) is 178. The Kier molecular flexibility index (Phi) is 48.7. The first-order valence-electron chi connectivity index (χ1n) is 40.1. The summed E-state index contributed by atoms with van der Waals surface area (Å²) >= 11 is 0. The minimum Gasteiger partial charge on any atom is -0.481 e. The van der Waals surface area contributed by atoms with Crippen LogP contribution in [-0.2, 0) is 75.2 Å². The molecule has 0 spiro atoms. The number of nitrogens with two attached hydrogens (primary N) is 1. The Morgan fingerprint density at radius 2 is 0.796 bits per heavy atom. The van der Waals surface area contributed by atoms with Crippen LogP contribution in [-0.4, -0.2) is 154 Å². The predicted octanol–water partition coefficient (Wildman–Crippen LogP) is 9.11. The highest BCUT2D eigenvalue weighted by molar-refractivity contribution is 5.99. The van der Waals surface area contributed by atoms with Gasteiger partial charge in [-0.15, -0.1) is 0 Å². The molecule has 0 bridgehead atoms. The fraction of sp³-hybridized carbons (Fsp3) is 0.667. The molecule has 3 rings (SSSR count). The zero-order chi connectivity index (χ0) is 79.3. The van der Waals surface area contributed by atoms with Gasteiger partial charge in [-0.05, 0) is 75.0 Å². The van der Waals surface area contributed by atoms with Crippen molar-refractivity contribution in [3.05, 3.63) is 71.9 Å². The minimum absolute atomic E-state index is 0.0616. The van der Waals surface area contributed by atoms with E-state index in [0.29, 0.717) is 60.7 Å². The lowest BCUT2D eigenvalue weighted by atomic mass is 10.0. The maximum absolute atomic E-state index is 14.7. The van der Waals surface area contributed by atoms with Crippen LogP contribution in [0.5, 0.6) is 0 Å². The molecular formula is C81H130N12O15. The summed E-state index contributed by atoms with van der Waals surface area (Å²) in [6, 6.07) is 5.31. The van der Waals surface area contributed by atoms with Crippen molar-refractivity contribution >= 4 is 87.8 Å². The molecule has 3 aromatic rings. The van der Waals surface area contributed by atoms with Gasteiger partial charge in [0.2, 0.25) is 65.0 Å². The van der Waals surface area contributed by atoms with Gasteiger partial charge in [-0.2, -0.15) is 0 Å². The van der Waals surface area contributed by atoms with Gasteiger partial charge in [-0.1, -0.05) is 230 Å². The first-order chi connectivity index (χ1) is 51.9. The monoisotopic (exact) mass is 1510 g/mol. The number of aliphatic carboxylic acids is 2. The van der Waals surface area contributed by atoms with Crippen LogP contribution in [0.3, 0.4) is 0 Å². The lowest BCUT2D eigenvalue weighted by molar-refractivity contribution is -0.142. The Hall–Kier alpha value is -8.91. The van der Waals surface area contributed by atoms with Gasteiger partial charge in [0.15, 0.2) is 0 Å². The summed E-state index contributed by atoms with van der Waals surface area (Å²) < 4.78 is 0. The van der Waals surface area contributed by atoms with Gasteiger partial charge < -0.3 is 74.1 Å². The van der Waals surface area contributed by atoms with Gasteiger partial charge in [-0.3, -0.25) is 62.3 Å². The van der Waals surface area contributed by atoms with E-state index in [1.165, 1.54) is 115 Å². The summed E-state index contributed by atoms with van der Waals surface area (Å²) in [5.74, 6) is -12.0. The van der Waals surface area contributed by atoms with Crippen LogP contribution in [0, 0.1) is 5.92 Å². The van der Waals surface area contributed by atoms with Crippen molar-refractivity contribution in [2.45, 2.75) is 321 Å².